The van der Waals surface area contributed by atoms with Gasteiger partial charge in [0.1, 0.15) is 5.82 Å². The molecule has 176 valence electrons. The Morgan fingerprint density at radius 1 is 1.00 bits per heavy atom. The van der Waals surface area contributed by atoms with Crippen LogP contribution in [0.25, 0.3) is 22.2 Å². The fourth-order valence-corrected chi connectivity index (χ4v) is 4.25. The zero-order valence-corrected chi connectivity index (χ0v) is 19.2. The first-order chi connectivity index (χ1) is 17.1. The van der Waals surface area contributed by atoms with Crippen molar-refractivity contribution in [1.29, 1.82) is 0 Å². The molecule has 0 radical (unpaired) electrons. The van der Waals surface area contributed by atoms with Crippen molar-refractivity contribution in [3.05, 3.63) is 79.4 Å². The van der Waals surface area contributed by atoms with Crippen molar-refractivity contribution < 1.29 is 9.18 Å². The van der Waals surface area contributed by atoms with Gasteiger partial charge in [0.25, 0.3) is 0 Å². The van der Waals surface area contributed by atoms with E-state index in [1.54, 1.807) is 24.4 Å². The molecule has 5 rings (SSSR count). The number of halogens is 1. The van der Waals surface area contributed by atoms with Crippen molar-refractivity contribution in [3.8, 4) is 11.3 Å². The number of nitrogens with one attached hydrogen (secondary N) is 2. The van der Waals surface area contributed by atoms with Crippen LogP contribution in [0.2, 0.25) is 0 Å². The van der Waals surface area contributed by atoms with Crippen molar-refractivity contribution in [3.63, 3.8) is 0 Å². The molecule has 1 aliphatic rings. The largest absolute Gasteiger partial charge is 0.372 e. The van der Waals surface area contributed by atoms with Gasteiger partial charge in [0, 0.05) is 47.9 Å². The van der Waals surface area contributed by atoms with E-state index in [4.69, 9.17) is 0 Å². The van der Waals surface area contributed by atoms with Gasteiger partial charge >= 0.3 is 0 Å². The van der Waals surface area contributed by atoms with E-state index < -0.39 is 5.82 Å². The van der Waals surface area contributed by atoms with E-state index in [2.05, 4.69) is 49.2 Å². The molecule has 35 heavy (non-hydrogen) atoms. The monoisotopic (exact) mass is 468 g/mol. The van der Waals surface area contributed by atoms with E-state index >= 15 is 4.39 Å². The molecule has 8 heteroatoms. The molecule has 1 amide bonds. The molecule has 1 saturated heterocycles. The third-order valence-corrected chi connectivity index (χ3v) is 6.02. The Hall–Kier alpha value is -4.33. The summed E-state index contributed by atoms with van der Waals surface area (Å²) in [7, 11) is 0. The summed E-state index contributed by atoms with van der Waals surface area (Å²) in [6, 6.07) is 14.4. The van der Waals surface area contributed by atoms with Crippen molar-refractivity contribution in [2.45, 2.75) is 19.3 Å². The van der Waals surface area contributed by atoms with Crippen LogP contribution in [-0.2, 0) is 4.79 Å². The SMILES string of the molecule is C=CC(=O)Nc1ccnc(-c2c(F)ccc3cnc(Nc4ccc(N5CCCCC5)cc4)nc23)c1. The maximum Gasteiger partial charge on any atom is 0.247 e. The summed E-state index contributed by atoms with van der Waals surface area (Å²) in [5.41, 5.74) is 3.54. The summed E-state index contributed by atoms with van der Waals surface area (Å²) in [6.07, 6.45) is 8.07. The van der Waals surface area contributed by atoms with E-state index in [0.29, 0.717) is 28.2 Å². The highest BCUT2D eigenvalue weighted by Gasteiger charge is 2.15. The first-order valence-electron chi connectivity index (χ1n) is 11.6. The Morgan fingerprint density at radius 2 is 1.80 bits per heavy atom. The second kappa shape index (κ2) is 9.89. The molecule has 0 saturated carbocycles. The van der Waals surface area contributed by atoms with Crippen LogP contribution in [0.1, 0.15) is 19.3 Å². The predicted molar refractivity (Wildman–Crippen MR) is 137 cm³/mol. The minimum atomic E-state index is -0.465. The number of hydrogen-bond acceptors (Lipinski definition) is 6. The number of pyridine rings is 1. The van der Waals surface area contributed by atoms with Crippen molar-refractivity contribution in [2.24, 2.45) is 0 Å². The molecule has 2 aromatic heterocycles. The third kappa shape index (κ3) is 4.96. The molecule has 0 bridgehead atoms. The zero-order chi connectivity index (χ0) is 24.2. The Balaban J connectivity index is 1.45. The van der Waals surface area contributed by atoms with E-state index in [1.165, 1.54) is 43.3 Å². The quantitative estimate of drug-likeness (QED) is 0.354. The number of carbonyl (C=O) groups excluding carboxylic acids is 1. The van der Waals surface area contributed by atoms with Crippen LogP contribution in [0, 0.1) is 5.82 Å². The molecular weight excluding hydrogens is 443 g/mol. The molecule has 2 aromatic carbocycles. The van der Waals surface area contributed by atoms with Crippen LogP contribution < -0.4 is 15.5 Å². The second-order valence-electron chi connectivity index (χ2n) is 8.40. The average molecular weight is 469 g/mol. The number of anilines is 4. The molecule has 2 N–H and O–H groups in total. The number of carbonyl (C=O) groups is 1. The number of benzene rings is 2. The zero-order valence-electron chi connectivity index (χ0n) is 19.2. The fourth-order valence-electron chi connectivity index (χ4n) is 4.25. The maximum absolute atomic E-state index is 15.0. The summed E-state index contributed by atoms with van der Waals surface area (Å²) in [5.74, 6) is -0.473. The fraction of sp³-hybridized carbons (Fsp3) is 0.185. The van der Waals surface area contributed by atoms with Crippen molar-refractivity contribution in [1.82, 2.24) is 15.0 Å². The molecule has 4 aromatic rings. The van der Waals surface area contributed by atoms with Crippen LogP contribution in [-0.4, -0.2) is 33.9 Å². The molecule has 0 atom stereocenters. The number of fused-ring (bicyclic) bond motifs is 1. The lowest BCUT2D eigenvalue weighted by Crippen LogP contribution is -2.29. The Bertz CT molecular complexity index is 1380. The smallest absolute Gasteiger partial charge is 0.247 e. The minimum absolute atomic E-state index is 0.239. The number of piperidine rings is 1. The lowest BCUT2D eigenvalue weighted by atomic mass is 10.1. The van der Waals surface area contributed by atoms with Gasteiger partial charge in [0.05, 0.1) is 16.8 Å². The molecule has 0 unspecified atom stereocenters. The second-order valence-corrected chi connectivity index (χ2v) is 8.40. The summed E-state index contributed by atoms with van der Waals surface area (Å²) in [5, 5.41) is 6.57. The van der Waals surface area contributed by atoms with Gasteiger partial charge in [-0.3, -0.25) is 9.78 Å². The van der Waals surface area contributed by atoms with Gasteiger partial charge in [0.15, 0.2) is 0 Å². The summed E-state index contributed by atoms with van der Waals surface area (Å²) in [6.45, 7) is 5.62. The van der Waals surface area contributed by atoms with Gasteiger partial charge in [-0.05, 0) is 73.9 Å². The molecular formula is C27H25FN6O. The van der Waals surface area contributed by atoms with Gasteiger partial charge in [-0.25, -0.2) is 14.4 Å². The first-order valence-corrected chi connectivity index (χ1v) is 11.6. The lowest BCUT2D eigenvalue weighted by molar-refractivity contribution is -0.111. The molecule has 1 fully saturated rings. The van der Waals surface area contributed by atoms with Gasteiger partial charge in [-0.15, -0.1) is 0 Å². The van der Waals surface area contributed by atoms with Gasteiger partial charge in [0.2, 0.25) is 11.9 Å². The maximum atomic E-state index is 15.0. The topological polar surface area (TPSA) is 83.0 Å². The van der Waals surface area contributed by atoms with E-state index in [0.717, 1.165) is 18.8 Å². The number of nitrogens with zero attached hydrogens (tertiary/aromatic N) is 4. The Kier molecular flexibility index (Phi) is 6.34. The molecule has 7 nitrogen and oxygen atoms in total. The van der Waals surface area contributed by atoms with Crippen LogP contribution in [0.4, 0.5) is 27.4 Å². The first kappa shape index (κ1) is 22.5. The average Bonchev–Trinajstić information content (AvgIpc) is 2.89. The molecule has 0 spiro atoms. The highest BCUT2D eigenvalue weighted by molar-refractivity contribution is 6.00. The van der Waals surface area contributed by atoms with Crippen LogP contribution >= 0.6 is 0 Å². The summed E-state index contributed by atoms with van der Waals surface area (Å²) in [4.78, 5) is 27.4. The highest BCUT2D eigenvalue weighted by atomic mass is 19.1. The van der Waals surface area contributed by atoms with E-state index in [-0.39, 0.29) is 11.5 Å². The van der Waals surface area contributed by atoms with E-state index in [9.17, 15) is 4.79 Å². The lowest BCUT2D eigenvalue weighted by Gasteiger charge is -2.28. The standard InChI is InChI=1S/C27H25FN6O/c1-2-24(35)31-20-12-13-29-23(16-20)25-22(28)11-6-18-17-30-27(33-26(18)25)32-19-7-9-21(10-8-19)34-14-4-3-5-15-34/h2,6-13,16-17H,1,3-5,14-15H2,(H,29,31,35)(H,30,32,33). The van der Waals surface area contributed by atoms with E-state index in [1.807, 2.05) is 12.1 Å². The molecule has 0 aliphatic carbocycles. The van der Waals surface area contributed by atoms with Gasteiger partial charge in [-0.2, -0.15) is 0 Å². The van der Waals surface area contributed by atoms with Gasteiger partial charge < -0.3 is 15.5 Å². The van der Waals surface area contributed by atoms with Crippen molar-refractivity contribution >= 4 is 39.8 Å². The predicted octanol–water partition coefficient (Wildman–Crippen LogP) is 5.69. The minimum Gasteiger partial charge on any atom is -0.372 e. The normalized spacial score (nSPS) is 13.5. The number of rotatable bonds is 6. The van der Waals surface area contributed by atoms with Gasteiger partial charge in [-0.1, -0.05) is 6.58 Å². The number of amides is 1. The highest BCUT2D eigenvalue weighted by Crippen LogP contribution is 2.31. The molecule has 1 aliphatic heterocycles. The van der Waals surface area contributed by atoms with Crippen molar-refractivity contribution in [2.75, 3.05) is 28.6 Å². The van der Waals surface area contributed by atoms with Crippen LogP contribution in [0.15, 0.2) is 73.6 Å². The number of aromatic nitrogens is 3. The number of hydrogen-bond donors (Lipinski definition) is 2. The van der Waals surface area contributed by atoms with Crippen LogP contribution in [0.3, 0.4) is 0 Å². The Labute approximate surface area is 202 Å². The van der Waals surface area contributed by atoms with Crippen LogP contribution in [0.5, 0.6) is 0 Å². The Morgan fingerprint density at radius 3 is 2.57 bits per heavy atom. The summed E-state index contributed by atoms with van der Waals surface area (Å²) < 4.78 is 15.0. The summed E-state index contributed by atoms with van der Waals surface area (Å²) >= 11 is 0. The third-order valence-electron chi connectivity index (χ3n) is 6.02. The molecule has 3 heterocycles.